The van der Waals surface area contributed by atoms with E-state index in [1.165, 1.54) is 25.3 Å². The van der Waals surface area contributed by atoms with Crippen LogP contribution in [0.25, 0.3) is 16.6 Å². The van der Waals surface area contributed by atoms with Crippen LogP contribution in [0.5, 0.6) is 0 Å². The molecule has 0 fully saturated rings. The number of para-hydroxylation sites is 1. The van der Waals surface area contributed by atoms with E-state index in [-0.39, 0.29) is 28.0 Å². The topological polar surface area (TPSA) is 61.2 Å². The minimum absolute atomic E-state index is 0.00753. The first kappa shape index (κ1) is 15.8. The summed E-state index contributed by atoms with van der Waals surface area (Å²) in [6.45, 7) is -1.03. The maximum Gasteiger partial charge on any atom is 0.339 e. The lowest BCUT2D eigenvalue weighted by atomic mass is 10.1. The first-order valence-corrected chi connectivity index (χ1v) is 7.01. The number of fused-ring (bicyclic) bond motifs is 1. The van der Waals surface area contributed by atoms with Crippen molar-refractivity contribution in [3.05, 3.63) is 70.0 Å². The van der Waals surface area contributed by atoms with Crippen LogP contribution in [0.15, 0.2) is 47.3 Å². The number of nitrogens with zero attached hydrogens (tertiary/aromatic N) is 2. The van der Waals surface area contributed by atoms with Gasteiger partial charge >= 0.3 is 5.97 Å². The largest absolute Gasteiger partial charge is 0.465 e. The molecule has 2 aromatic carbocycles. The molecule has 0 N–H and O–H groups in total. The Morgan fingerprint density at radius 2 is 2.00 bits per heavy atom. The molecule has 0 atom stereocenters. The van der Waals surface area contributed by atoms with Gasteiger partial charge in [0.25, 0.3) is 5.56 Å². The predicted octanol–water partition coefficient (Wildman–Crippen LogP) is 2.78. The zero-order chi connectivity index (χ0) is 17.3. The molecule has 3 aromatic rings. The van der Waals surface area contributed by atoms with Crippen LogP contribution < -0.4 is 5.56 Å². The SMILES string of the molecule is COC(=O)c1ccccc1-n1c(CF)nc2ccc(F)cc2c1=O. The minimum atomic E-state index is -1.03. The maximum atomic E-state index is 13.5. The van der Waals surface area contributed by atoms with E-state index in [0.29, 0.717) is 0 Å². The Hall–Kier alpha value is -3.09. The van der Waals surface area contributed by atoms with E-state index < -0.39 is 24.0 Å². The molecule has 1 aromatic heterocycles. The van der Waals surface area contributed by atoms with E-state index in [2.05, 4.69) is 9.72 Å². The average molecular weight is 330 g/mol. The van der Waals surface area contributed by atoms with Gasteiger partial charge in [0.05, 0.1) is 29.3 Å². The van der Waals surface area contributed by atoms with Crippen molar-refractivity contribution in [3.63, 3.8) is 0 Å². The summed E-state index contributed by atoms with van der Waals surface area (Å²) in [7, 11) is 1.20. The van der Waals surface area contributed by atoms with E-state index in [1.54, 1.807) is 12.1 Å². The number of carbonyl (C=O) groups excluding carboxylic acids is 1. The number of hydrogen-bond donors (Lipinski definition) is 0. The monoisotopic (exact) mass is 330 g/mol. The summed E-state index contributed by atoms with van der Waals surface area (Å²) < 4.78 is 32.6. The van der Waals surface area contributed by atoms with Crippen LogP contribution in [0.3, 0.4) is 0 Å². The number of rotatable bonds is 3. The van der Waals surface area contributed by atoms with Gasteiger partial charge in [0.15, 0.2) is 0 Å². The zero-order valence-corrected chi connectivity index (χ0v) is 12.6. The Bertz CT molecular complexity index is 999. The van der Waals surface area contributed by atoms with Crippen molar-refractivity contribution in [2.75, 3.05) is 7.11 Å². The normalized spacial score (nSPS) is 10.8. The molecule has 0 aliphatic heterocycles. The number of hydrogen-bond acceptors (Lipinski definition) is 4. The lowest BCUT2D eigenvalue weighted by molar-refractivity contribution is 0.0600. The van der Waals surface area contributed by atoms with E-state index in [1.807, 2.05) is 0 Å². The molecule has 0 bridgehead atoms. The summed E-state index contributed by atoms with van der Waals surface area (Å²) in [6, 6.07) is 9.58. The molecule has 1 heterocycles. The van der Waals surface area contributed by atoms with Crippen molar-refractivity contribution < 1.29 is 18.3 Å². The molecule has 0 aliphatic carbocycles. The van der Waals surface area contributed by atoms with Gasteiger partial charge in [-0.1, -0.05) is 12.1 Å². The smallest absolute Gasteiger partial charge is 0.339 e. The van der Waals surface area contributed by atoms with Crippen LogP contribution in [0, 0.1) is 5.82 Å². The Morgan fingerprint density at radius 1 is 1.25 bits per heavy atom. The molecule has 0 amide bonds. The first-order valence-electron chi connectivity index (χ1n) is 7.01. The summed E-state index contributed by atoms with van der Waals surface area (Å²) in [6.07, 6.45) is 0. The van der Waals surface area contributed by atoms with Crippen molar-refractivity contribution in [1.82, 2.24) is 9.55 Å². The van der Waals surface area contributed by atoms with E-state index >= 15 is 0 Å². The maximum absolute atomic E-state index is 13.5. The lowest BCUT2D eigenvalue weighted by Crippen LogP contribution is -2.25. The van der Waals surface area contributed by atoms with Gasteiger partial charge in [-0.15, -0.1) is 0 Å². The first-order chi connectivity index (χ1) is 11.6. The van der Waals surface area contributed by atoms with Gasteiger partial charge in [0.2, 0.25) is 0 Å². The van der Waals surface area contributed by atoms with Gasteiger partial charge in [-0.05, 0) is 30.3 Å². The number of aromatic nitrogens is 2. The van der Waals surface area contributed by atoms with Gasteiger partial charge in [0.1, 0.15) is 18.3 Å². The highest BCUT2D eigenvalue weighted by Gasteiger charge is 2.19. The highest BCUT2D eigenvalue weighted by atomic mass is 19.1. The van der Waals surface area contributed by atoms with Gasteiger partial charge in [-0.2, -0.15) is 0 Å². The third-order valence-corrected chi connectivity index (χ3v) is 3.57. The van der Waals surface area contributed by atoms with Crippen LogP contribution in [0.4, 0.5) is 8.78 Å². The predicted molar refractivity (Wildman–Crippen MR) is 83.4 cm³/mol. The van der Waals surface area contributed by atoms with Gasteiger partial charge in [-0.25, -0.2) is 18.6 Å². The molecule has 0 saturated heterocycles. The second-order valence-corrected chi connectivity index (χ2v) is 4.97. The van der Waals surface area contributed by atoms with Crippen LogP contribution in [0.1, 0.15) is 16.2 Å². The summed E-state index contributed by atoms with van der Waals surface area (Å²) >= 11 is 0. The van der Waals surface area contributed by atoms with E-state index in [9.17, 15) is 18.4 Å². The molecule has 24 heavy (non-hydrogen) atoms. The molecular formula is C17H12F2N2O3. The Labute approximate surface area is 135 Å². The number of methoxy groups -OCH3 is 1. The number of ether oxygens (including phenoxy) is 1. The van der Waals surface area contributed by atoms with Crippen molar-refractivity contribution >= 4 is 16.9 Å². The fraction of sp³-hybridized carbons (Fsp3) is 0.118. The Kier molecular flexibility index (Phi) is 4.07. The third-order valence-electron chi connectivity index (χ3n) is 3.57. The van der Waals surface area contributed by atoms with Gasteiger partial charge in [-0.3, -0.25) is 9.36 Å². The van der Waals surface area contributed by atoms with Crippen molar-refractivity contribution in [2.24, 2.45) is 0 Å². The van der Waals surface area contributed by atoms with Crippen LogP contribution in [0.2, 0.25) is 0 Å². The number of halogens is 2. The quantitative estimate of drug-likeness (QED) is 0.693. The second-order valence-electron chi connectivity index (χ2n) is 4.97. The van der Waals surface area contributed by atoms with Crippen molar-refractivity contribution in [1.29, 1.82) is 0 Å². The summed E-state index contributed by atoms with van der Waals surface area (Å²) in [4.78, 5) is 28.8. The number of carbonyl (C=O) groups is 1. The van der Waals surface area contributed by atoms with E-state index in [0.717, 1.165) is 16.7 Å². The van der Waals surface area contributed by atoms with Crippen molar-refractivity contribution in [3.8, 4) is 5.69 Å². The molecule has 0 saturated carbocycles. The van der Waals surface area contributed by atoms with Gasteiger partial charge < -0.3 is 4.74 Å². The highest BCUT2D eigenvalue weighted by Crippen LogP contribution is 2.19. The highest BCUT2D eigenvalue weighted by molar-refractivity contribution is 5.93. The summed E-state index contributed by atoms with van der Waals surface area (Å²) in [5.41, 5.74) is -0.278. The third kappa shape index (κ3) is 2.54. The van der Waals surface area contributed by atoms with Crippen LogP contribution >= 0.6 is 0 Å². The molecule has 5 nitrogen and oxygen atoms in total. The molecule has 0 unspecified atom stereocenters. The zero-order valence-electron chi connectivity index (χ0n) is 12.6. The summed E-state index contributed by atoms with van der Waals surface area (Å²) in [5.74, 6) is -1.47. The molecule has 0 spiro atoms. The summed E-state index contributed by atoms with van der Waals surface area (Å²) in [5, 5.41) is -0.00753. The minimum Gasteiger partial charge on any atom is -0.465 e. The number of benzene rings is 2. The van der Waals surface area contributed by atoms with Crippen molar-refractivity contribution in [2.45, 2.75) is 6.67 Å². The number of alkyl halides is 1. The standard InChI is InChI=1S/C17H12F2N2O3/c1-24-17(23)11-4-2-3-5-14(11)21-15(9-18)20-13-7-6-10(19)8-12(13)16(21)22/h2-8H,9H2,1H3. The number of esters is 1. The molecular weight excluding hydrogens is 318 g/mol. The van der Waals surface area contributed by atoms with Crippen LogP contribution in [-0.2, 0) is 11.4 Å². The Balaban J connectivity index is 2.40. The average Bonchev–Trinajstić information content (AvgIpc) is 2.61. The molecule has 122 valence electrons. The molecule has 0 radical (unpaired) electrons. The fourth-order valence-electron chi connectivity index (χ4n) is 2.49. The van der Waals surface area contributed by atoms with Gasteiger partial charge in [0, 0.05) is 0 Å². The van der Waals surface area contributed by atoms with Crippen LogP contribution in [-0.4, -0.2) is 22.6 Å². The fourth-order valence-corrected chi connectivity index (χ4v) is 2.49. The second kappa shape index (κ2) is 6.19. The van der Waals surface area contributed by atoms with E-state index in [4.69, 9.17) is 0 Å². The Morgan fingerprint density at radius 3 is 2.71 bits per heavy atom. The molecule has 0 aliphatic rings. The lowest BCUT2D eigenvalue weighted by Gasteiger charge is -2.14. The molecule has 7 heteroatoms. The molecule has 3 rings (SSSR count).